The number of methoxy groups -OCH3 is 2. The molecule has 1 heterocycles. The maximum absolute atomic E-state index is 13.2. The van der Waals surface area contributed by atoms with Crippen LogP contribution in [-0.2, 0) is 6.54 Å². The van der Waals surface area contributed by atoms with E-state index in [0.29, 0.717) is 17.3 Å². The second-order valence-electron chi connectivity index (χ2n) is 6.08. The van der Waals surface area contributed by atoms with E-state index in [-0.39, 0.29) is 17.8 Å². The van der Waals surface area contributed by atoms with Crippen LogP contribution in [0.15, 0.2) is 66.9 Å². The molecule has 0 aliphatic rings. The maximum Gasteiger partial charge on any atom is 0.270 e. The van der Waals surface area contributed by atoms with Crippen molar-refractivity contribution in [2.45, 2.75) is 6.54 Å². The summed E-state index contributed by atoms with van der Waals surface area (Å²) >= 11 is 0. The van der Waals surface area contributed by atoms with Crippen LogP contribution in [0.4, 0.5) is 11.5 Å². The maximum atomic E-state index is 13.2. The molecule has 29 heavy (non-hydrogen) atoms. The third-order valence-corrected chi connectivity index (χ3v) is 4.26. The number of nitrogens with zero attached hydrogens (tertiary/aromatic N) is 3. The first-order valence-corrected chi connectivity index (χ1v) is 8.71. The van der Waals surface area contributed by atoms with E-state index in [4.69, 9.17) is 9.47 Å². The third kappa shape index (κ3) is 4.49. The lowest BCUT2D eigenvalue weighted by molar-refractivity contribution is -0.384. The highest BCUT2D eigenvalue weighted by atomic mass is 16.6. The number of ether oxygens (including phenoxy) is 2. The molecule has 3 aromatic rings. The van der Waals surface area contributed by atoms with Crippen molar-refractivity contribution in [2.24, 2.45) is 0 Å². The molecule has 0 unspecified atom stereocenters. The highest BCUT2D eigenvalue weighted by Gasteiger charge is 2.21. The van der Waals surface area contributed by atoms with E-state index in [1.165, 1.54) is 30.2 Å². The predicted octanol–water partition coefficient (Wildman–Crippen LogP) is 3.85. The monoisotopic (exact) mass is 393 g/mol. The molecule has 0 radical (unpaired) electrons. The van der Waals surface area contributed by atoms with Gasteiger partial charge < -0.3 is 9.47 Å². The predicted molar refractivity (Wildman–Crippen MR) is 107 cm³/mol. The summed E-state index contributed by atoms with van der Waals surface area (Å²) in [6.07, 6.45) is 1.58. The molecular weight excluding hydrogens is 374 g/mol. The summed E-state index contributed by atoms with van der Waals surface area (Å²) in [6, 6.07) is 16.2. The molecular formula is C21H19N3O5. The van der Waals surface area contributed by atoms with Gasteiger partial charge in [-0.3, -0.25) is 19.8 Å². The van der Waals surface area contributed by atoms with Crippen molar-refractivity contribution in [1.82, 2.24) is 4.98 Å². The van der Waals surface area contributed by atoms with Gasteiger partial charge in [0.1, 0.15) is 5.82 Å². The fourth-order valence-corrected chi connectivity index (χ4v) is 2.84. The van der Waals surface area contributed by atoms with E-state index in [9.17, 15) is 14.9 Å². The second kappa shape index (κ2) is 8.83. The van der Waals surface area contributed by atoms with Crippen LogP contribution < -0.4 is 14.4 Å². The van der Waals surface area contributed by atoms with E-state index >= 15 is 0 Å². The zero-order chi connectivity index (χ0) is 20.8. The van der Waals surface area contributed by atoms with Crippen LogP contribution >= 0.6 is 0 Å². The summed E-state index contributed by atoms with van der Waals surface area (Å²) < 4.78 is 10.6. The molecule has 0 aliphatic carbocycles. The molecule has 8 heteroatoms. The lowest BCUT2D eigenvalue weighted by Crippen LogP contribution is -2.31. The van der Waals surface area contributed by atoms with Gasteiger partial charge in [0, 0.05) is 23.9 Å². The normalized spacial score (nSPS) is 10.3. The summed E-state index contributed by atoms with van der Waals surface area (Å²) in [5.74, 6) is 1.14. The average Bonchev–Trinajstić information content (AvgIpc) is 2.77. The number of amides is 1. The number of carbonyl (C=O) groups excluding carboxylic acids is 1. The SMILES string of the molecule is COc1ccc(CN(C(=O)c2cccc([N+](=O)[O-])c2)c2ccccn2)cc1OC. The van der Waals surface area contributed by atoms with E-state index in [1.807, 2.05) is 6.07 Å². The van der Waals surface area contributed by atoms with Crippen LogP contribution in [-0.4, -0.2) is 30.0 Å². The highest BCUT2D eigenvalue weighted by Crippen LogP contribution is 2.29. The molecule has 148 valence electrons. The molecule has 0 aliphatic heterocycles. The zero-order valence-corrected chi connectivity index (χ0v) is 15.9. The van der Waals surface area contributed by atoms with Crippen LogP contribution in [0.3, 0.4) is 0 Å². The Morgan fingerprint density at radius 2 is 1.83 bits per heavy atom. The Morgan fingerprint density at radius 3 is 2.48 bits per heavy atom. The van der Waals surface area contributed by atoms with Crippen molar-refractivity contribution >= 4 is 17.4 Å². The number of carbonyl (C=O) groups is 1. The fraction of sp³-hybridized carbons (Fsp3) is 0.143. The van der Waals surface area contributed by atoms with Crippen LogP contribution in [0.25, 0.3) is 0 Å². The van der Waals surface area contributed by atoms with Crippen molar-refractivity contribution < 1.29 is 19.2 Å². The minimum Gasteiger partial charge on any atom is -0.493 e. The summed E-state index contributed by atoms with van der Waals surface area (Å²) in [6.45, 7) is 0.193. The molecule has 0 atom stereocenters. The zero-order valence-electron chi connectivity index (χ0n) is 15.9. The van der Waals surface area contributed by atoms with Gasteiger partial charge in [0.25, 0.3) is 11.6 Å². The molecule has 2 aromatic carbocycles. The Hall–Kier alpha value is -3.94. The van der Waals surface area contributed by atoms with Crippen LogP contribution in [0.1, 0.15) is 15.9 Å². The van der Waals surface area contributed by atoms with Crippen LogP contribution in [0.2, 0.25) is 0 Å². The molecule has 3 rings (SSSR count). The molecule has 0 spiro atoms. The number of aromatic nitrogens is 1. The number of benzene rings is 2. The Balaban J connectivity index is 1.99. The summed E-state index contributed by atoms with van der Waals surface area (Å²) in [7, 11) is 3.08. The van der Waals surface area contributed by atoms with Gasteiger partial charge in [-0.2, -0.15) is 0 Å². The first-order valence-electron chi connectivity index (χ1n) is 8.71. The molecule has 1 amide bonds. The van der Waals surface area contributed by atoms with Gasteiger partial charge >= 0.3 is 0 Å². The van der Waals surface area contributed by atoms with Gasteiger partial charge in [-0.05, 0) is 35.9 Å². The molecule has 0 bridgehead atoms. The third-order valence-electron chi connectivity index (χ3n) is 4.26. The number of nitro groups is 1. The second-order valence-corrected chi connectivity index (χ2v) is 6.08. The number of hydrogen-bond acceptors (Lipinski definition) is 6. The molecule has 0 saturated carbocycles. The van der Waals surface area contributed by atoms with Crippen LogP contribution in [0.5, 0.6) is 11.5 Å². The van der Waals surface area contributed by atoms with E-state index in [1.54, 1.807) is 49.7 Å². The molecule has 0 fully saturated rings. The summed E-state index contributed by atoms with van der Waals surface area (Å²) in [5, 5.41) is 11.1. The molecule has 8 nitrogen and oxygen atoms in total. The van der Waals surface area contributed by atoms with Crippen molar-refractivity contribution in [3.05, 3.63) is 88.1 Å². The van der Waals surface area contributed by atoms with Crippen molar-refractivity contribution in [1.29, 1.82) is 0 Å². The van der Waals surface area contributed by atoms with Gasteiger partial charge in [-0.25, -0.2) is 4.98 Å². The summed E-state index contributed by atoms with van der Waals surface area (Å²) in [4.78, 5) is 29.5. The summed E-state index contributed by atoms with van der Waals surface area (Å²) in [5.41, 5.74) is 0.834. The first kappa shape index (κ1) is 19.8. The molecule has 1 aromatic heterocycles. The number of anilines is 1. The topological polar surface area (TPSA) is 94.8 Å². The van der Waals surface area contributed by atoms with Gasteiger partial charge in [0.05, 0.1) is 25.7 Å². The molecule has 0 N–H and O–H groups in total. The number of rotatable bonds is 7. The van der Waals surface area contributed by atoms with Crippen LogP contribution in [0, 0.1) is 10.1 Å². The van der Waals surface area contributed by atoms with E-state index in [2.05, 4.69) is 4.98 Å². The van der Waals surface area contributed by atoms with Crippen molar-refractivity contribution in [3.8, 4) is 11.5 Å². The van der Waals surface area contributed by atoms with E-state index in [0.717, 1.165) is 5.56 Å². The Kier molecular flexibility index (Phi) is 6.03. The number of non-ortho nitro benzene ring substituents is 1. The fourth-order valence-electron chi connectivity index (χ4n) is 2.84. The van der Waals surface area contributed by atoms with E-state index < -0.39 is 10.8 Å². The van der Waals surface area contributed by atoms with Gasteiger partial charge in [0.2, 0.25) is 0 Å². The minimum atomic E-state index is -0.532. The Morgan fingerprint density at radius 1 is 1.03 bits per heavy atom. The molecule has 0 saturated heterocycles. The quantitative estimate of drug-likeness (QED) is 0.447. The lowest BCUT2D eigenvalue weighted by Gasteiger charge is -2.22. The lowest BCUT2D eigenvalue weighted by atomic mass is 10.1. The van der Waals surface area contributed by atoms with Gasteiger partial charge in [-0.15, -0.1) is 0 Å². The van der Waals surface area contributed by atoms with Gasteiger partial charge in [0.15, 0.2) is 11.5 Å². The van der Waals surface area contributed by atoms with Crippen molar-refractivity contribution in [3.63, 3.8) is 0 Å². The number of hydrogen-bond donors (Lipinski definition) is 0. The number of nitro benzene ring substituents is 1. The largest absolute Gasteiger partial charge is 0.493 e. The van der Waals surface area contributed by atoms with Crippen molar-refractivity contribution in [2.75, 3.05) is 19.1 Å². The first-order chi connectivity index (χ1) is 14.0. The number of pyridine rings is 1. The standard InChI is InChI=1S/C21H19N3O5/c1-28-18-10-9-15(12-19(18)29-2)14-23(20-8-3-4-11-22-20)21(25)16-6-5-7-17(13-16)24(26)27/h3-13H,14H2,1-2H3. The highest BCUT2D eigenvalue weighted by molar-refractivity contribution is 6.05. The Labute approximate surface area is 167 Å². The van der Waals surface area contributed by atoms with Gasteiger partial charge in [-0.1, -0.05) is 18.2 Å². The average molecular weight is 393 g/mol. The Bertz CT molecular complexity index is 1020. The minimum absolute atomic E-state index is 0.150. The smallest absolute Gasteiger partial charge is 0.270 e.